The van der Waals surface area contributed by atoms with E-state index in [9.17, 15) is 19.2 Å². The van der Waals surface area contributed by atoms with Crippen molar-refractivity contribution in [3.63, 3.8) is 0 Å². The van der Waals surface area contributed by atoms with Crippen LogP contribution in [0.5, 0.6) is 17.2 Å². The Morgan fingerprint density at radius 1 is 0.957 bits per heavy atom. The molecule has 11 nitrogen and oxygen atoms in total. The number of carbonyl (C=O) groups excluding carboxylic acids is 4. The number of methoxy groups -OCH3 is 3. The van der Waals surface area contributed by atoms with Gasteiger partial charge in [-0.15, -0.1) is 11.3 Å². The van der Waals surface area contributed by atoms with Crippen LogP contribution in [-0.4, -0.2) is 66.8 Å². The quantitative estimate of drug-likeness (QED) is 0.209. The lowest BCUT2D eigenvalue weighted by molar-refractivity contribution is -0.145. The minimum absolute atomic E-state index is 0.0191. The molecule has 0 saturated carbocycles. The molecule has 0 radical (unpaired) electrons. The molecule has 4 aromatic rings. The average molecular weight is 643 g/mol. The Labute approximate surface area is 270 Å². The molecule has 3 amide bonds. The maximum absolute atomic E-state index is 14.2. The standard InChI is InChI=1S/C34H34N4O7S/c1-6-34(2,33(42)36-25-16-15-23(44-4)17-28(25)45-5)38(18-29-35-26(20-46-29)21-11-13-22(43-3)14-12-21)30(39)19-37-27-10-8-7-9-24(27)31(40)32(37)41/h7-17,20H,6,18-19H2,1-5H3,(H,36,42). The summed E-state index contributed by atoms with van der Waals surface area (Å²) in [6.45, 7) is 3.01. The number of hydrogen-bond acceptors (Lipinski definition) is 9. The van der Waals surface area contributed by atoms with Crippen molar-refractivity contribution in [2.24, 2.45) is 0 Å². The molecule has 2 heterocycles. The van der Waals surface area contributed by atoms with Crippen LogP contribution in [0, 0.1) is 0 Å². The molecule has 0 bridgehead atoms. The zero-order valence-corrected chi connectivity index (χ0v) is 27.0. The Morgan fingerprint density at radius 2 is 1.65 bits per heavy atom. The van der Waals surface area contributed by atoms with Gasteiger partial charge in [-0.2, -0.15) is 0 Å². The fraction of sp³-hybridized carbons (Fsp3) is 0.265. The second-order valence-corrected chi connectivity index (χ2v) is 11.7. The van der Waals surface area contributed by atoms with Gasteiger partial charge >= 0.3 is 0 Å². The third-order valence-corrected chi connectivity index (χ3v) is 8.97. The number of benzene rings is 3. The van der Waals surface area contributed by atoms with E-state index in [0.29, 0.717) is 39.3 Å². The third-order valence-electron chi connectivity index (χ3n) is 8.13. The van der Waals surface area contributed by atoms with Gasteiger partial charge in [0.25, 0.3) is 11.7 Å². The highest BCUT2D eigenvalue weighted by atomic mass is 32.1. The van der Waals surface area contributed by atoms with Crippen molar-refractivity contribution >= 4 is 46.2 Å². The van der Waals surface area contributed by atoms with Crippen LogP contribution in [-0.2, 0) is 20.9 Å². The topological polar surface area (TPSA) is 127 Å². The number of nitrogens with one attached hydrogen (secondary N) is 1. The van der Waals surface area contributed by atoms with Gasteiger partial charge in [-0.1, -0.05) is 19.1 Å². The molecule has 238 valence electrons. The summed E-state index contributed by atoms with van der Waals surface area (Å²) in [7, 11) is 4.60. The molecule has 3 aromatic carbocycles. The Bertz CT molecular complexity index is 1790. The highest BCUT2D eigenvalue weighted by Crippen LogP contribution is 2.34. The molecule has 1 aliphatic heterocycles. The lowest BCUT2D eigenvalue weighted by Crippen LogP contribution is -2.58. The van der Waals surface area contributed by atoms with E-state index in [4.69, 9.17) is 19.2 Å². The molecule has 0 fully saturated rings. The summed E-state index contributed by atoms with van der Waals surface area (Å²) in [5, 5.41) is 5.38. The Kier molecular flexibility index (Phi) is 9.38. The van der Waals surface area contributed by atoms with E-state index in [1.54, 1.807) is 63.4 Å². The van der Waals surface area contributed by atoms with E-state index < -0.39 is 35.6 Å². The Balaban J connectivity index is 1.49. The van der Waals surface area contributed by atoms with E-state index in [2.05, 4.69) is 5.32 Å². The normalized spacial score (nSPS) is 13.5. The first-order valence-electron chi connectivity index (χ1n) is 14.5. The van der Waals surface area contributed by atoms with E-state index in [1.165, 1.54) is 30.5 Å². The summed E-state index contributed by atoms with van der Waals surface area (Å²) in [6.07, 6.45) is 0.225. The minimum atomic E-state index is -1.40. The zero-order valence-electron chi connectivity index (χ0n) is 26.2. The second kappa shape index (κ2) is 13.4. The van der Waals surface area contributed by atoms with Gasteiger partial charge in [0.2, 0.25) is 11.8 Å². The fourth-order valence-electron chi connectivity index (χ4n) is 5.21. The lowest BCUT2D eigenvalue weighted by atomic mass is 9.94. The first-order valence-corrected chi connectivity index (χ1v) is 15.4. The maximum atomic E-state index is 14.2. The maximum Gasteiger partial charge on any atom is 0.299 e. The number of anilines is 2. The van der Waals surface area contributed by atoms with Gasteiger partial charge in [0.15, 0.2) is 0 Å². The minimum Gasteiger partial charge on any atom is -0.497 e. The highest BCUT2D eigenvalue weighted by Gasteiger charge is 2.44. The van der Waals surface area contributed by atoms with Crippen LogP contribution in [0.1, 0.15) is 35.6 Å². The molecule has 0 spiro atoms. The van der Waals surface area contributed by atoms with Gasteiger partial charge in [-0.05, 0) is 61.9 Å². The van der Waals surface area contributed by atoms with Crippen molar-refractivity contribution in [2.75, 3.05) is 38.1 Å². The number of Topliss-reactive ketones (excluding diaryl/α,β-unsaturated/α-hetero) is 1. The summed E-state index contributed by atoms with van der Waals surface area (Å²) >= 11 is 1.35. The van der Waals surface area contributed by atoms with E-state index in [1.807, 2.05) is 29.6 Å². The van der Waals surface area contributed by atoms with E-state index in [-0.39, 0.29) is 18.5 Å². The van der Waals surface area contributed by atoms with Crippen molar-refractivity contribution in [1.29, 1.82) is 0 Å². The number of amides is 3. The third kappa shape index (κ3) is 6.16. The molecular formula is C34H34N4O7S. The Hall–Kier alpha value is -5.23. The predicted octanol–water partition coefficient (Wildman–Crippen LogP) is 5.20. The molecule has 0 saturated heterocycles. The van der Waals surface area contributed by atoms with Gasteiger partial charge in [0.1, 0.15) is 34.3 Å². The molecule has 1 unspecified atom stereocenters. The van der Waals surface area contributed by atoms with Crippen molar-refractivity contribution in [2.45, 2.75) is 32.4 Å². The molecule has 1 atom stereocenters. The number of para-hydroxylation sites is 1. The molecule has 0 aliphatic carbocycles. The largest absolute Gasteiger partial charge is 0.497 e. The number of hydrogen-bond donors (Lipinski definition) is 1. The molecule has 46 heavy (non-hydrogen) atoms. The van der Waals surface area contributed by atoms with Crippen LogP contribution in [0.2, 0.25) is 0 Å². The summed E-state index contributed by atoms with van der Waals surface area (Å²) in [5.41, 5.74) is 1.15. The van der Waals surface area contributed by atoms with Crippen LogP contribution in [0.3, 0.4) is 0 Å². The summed E-state index contributed by atoms with van der Waals surface area (Å²) < 4.78 is 16.0. The SMILES string of the molecule is CCC(C)(C(=O)Nc1ccc(OC)cc1OC)N(Cc1nc(-c2ccc(OC)cc2)cs1)C(=O)CN1C(=O)C(=O)c2ccccc21. The average Bonchev–Trinajstić information content (AvgIpc) is 3.65. The number of thiazole rings is 1. The number of fused-ring (bicyclic) bond motifs is 1. The number of carbonyl (C=O) groups is 4. The van der Waals surface area contributed by atoms with Gasteiger partial charge < -0.3 is 24.4 Å². The number of ether oxygens (including phenoxy) is 3. The van der Waals surface area contributed by atoms with Gasteiger partial charge in [-0.3, -0.25) is 24.1 Å². The van der Waals surface area contributed by atoms with Crippen LogP contribution in [0.4, 0.5) is 11.4 Å². The molecule has 1 N–H and O–H groups in total. The van der Waals surface area contributed by atoms with Crippen LogP contribution in [0.25, 0.3) is 11.3 Å². The zero-order chi connectivity index (χ0) is 33.0. The summed E-state index contributed by atoms with van der Waals surface area (Å²) in [4.78, 5) is 61.4. The van der Waals surface area contributed by atoms with Crippen molar-refractivity contribution in [3.05, 3.63) is 82.7 Å². The first-order chi connectivity index (χ1) is 22.1. The highest BCUT2D eigenvalue weighted by molar-refractivity contribution is 7.09. The van der Waals surface area contributed by atoms with Gasteiger partial charge in [0.05, 0.1) is 50.5 Å². The molecule has 1 aromatic heterocycles. The van der Waals surface area contributed by atoms with Crippen molar-refractivity contribution in [3.8, 4) is 28.5 Å². The molecule has 5 rings (SSSR count). The fourth-order valence-corrected chi connectivity index (χ4v) is 6.00. The molecule has 1 aliphatic rings. The Morgan fingerprint density at radius 3 is 2.33 bits per heavy atom. The van der Waals surface area contributed by atoms with E-state index >= 15 is 0 Å². The molecular weight excluding hydrogens is 608 g/mol. The number of aromatic nitrogens is 1. The van der Waals surface area contributed by atoms with Gasteiger partial charge in [0, 0.05) is 17.0 Å². The van der Waals surface area contributed by atoms with Crippen LogP contribution >= 0.6 is 11.3 Å². The van der Waals surface area contributed by atoms with Gasteiger partial charge in [-0.25, -0.2) is 4.98 Å². The lowest BCUT2D eigenvalue weighted by Gasteiger charge is -2.40. The number of rotatable bonds is 12. The second-order valence-electron chi connectivity index (χ2n) is 10.7. The smallest absolute Gasteiger partial charge is 0.299 e. The van der Waals surface area contributed by atoms with Crippen LogP contribution in [0.15, 0.2) is 72.1 Å². The van der Waals surface area contributed by atoms with Crippen LogP contribution < -0.4 is 24.4 Å². The van der Waals surface area contributed by atoms with E-state index in [0.717, 1.165) is 10.5 Å². The monoisotopic (exact) mass is 642 g/mol. The predicted molar refractivity (Wildman–Crippen MR) is 175 cm³/mol. The first kappa shape index (κ1) is 32.2. The van der Waals surface area contributed by atoms with Crippen molar-refractivity contribution in [1.82, 2.24) is 9.88 Å². The molecule has 12 heteroatoms. The number of ketones is 1. The summed E-state index contributed by atoms with van der Waals surface area (Å²) in [5.74, 6) is -0.830. The number of nitrogens with zero attached hydrogens (tertiary/aromatic N) is 3. The summed E-state index contributed by atoms with van der Waals surface area (Å²) in [6, 6.07) is 19.0. The van der Waals surface area contributed by atoms with Crippen molar-refractivity contribution < 1.29 is 33.4 Å².